The Kier molecular flexibility index (Phi) is 5.32. The quantitative estimate of drug-likeness (QED) is 0.842. The number of benzene rings is 2. The lowest BCUT2D eigenvalue weighted by Gasteiger charge is -2.23. The van der Waals surface area contributed by atoms with Crippen molar-refractivity contribution >= 4 is 27.5 Å². The molecule has 0 aliphatic rings. The lowest BCUT2D eigenvalue weighted by atomic mass is 9.89. The van der Waals surface area contributed by atoms with Crippen LogP contribution in [0.1, 0.15) is 23.1 Å². The number of hydrogen-bond acceptors (Lipinski definition) is 2. The van der Waals surface area contributed by atoms with Crippen molar-refractivity contribution in [3.05, 3.63) is 68.7 Å². The second-order valence-corrected chi connectivity index (χ2v) is 5.92. The molecule has 0 saturated heterocycles. The summed E-state index contributed by atoms with van der Waals surface area (Å²) < 4.78 is 27.3. The Bertz CT molecular complexity index is 633. The first-order valence-corrected chi connectivity index (χ1v) is 7.38. The average molecular weight is 377 g/mol. The number of nitrogens with two attached hydrogens (primary N) is 1. The molecule has 0 aliphatic heterocycles. The van der Waals surface area contributed by atoms with Gasteiger partial charge < -0.3 is 10.8 Å². The van der Waals surface area contributed by atoms with Crippen LogP contribution in [-0.4, -0.2) is 11.7 Å². The molecule has 2 unspecified atom stereocenters. The molecule has 0 bridgehead atoms. The van der Waals surface area contributed by atoms with E-state index in [9.17, 15) is 13.9 Å². The van der Waals surface area contributed by atoms with Gasteiger partial charge in [-0.3, -0.25) is 0 Å². The van der Waals surface area contributed by atoms with Crippen LogP contribution in [0, 0.1) is 11.6 Å². The lowest BCUT2D eigenvalue weighted by molar-refractivity contribution is 0.147. The van der Waals surface area contributed by atoms with Gasteiger partial charge in [0.25, 0.3) is 0 Å². The van der Waals surface area contributed by atoms with Crippen molar-refractivity contribution in [3.8, 4) is 0 Å². The van der Waals surface area contributed by atoms with Crippen LogP contribution in [0.15, 0.2) is 40.9 Å². The maximum Gasteiger partial charge on any atom is 0.126 e. The molecular weight excluding hydrogens is 364 g/mol. The summed E-state index contributed by atoms with van der Waals surface area (Å²) in [6.45, 7) is 0.0459. The van der Waals surface area contributed by atoms with Crippen LogP contribution in [-0.2, 0) is 0 Å². The molecule has 3 N–H and O–H groups in total. The summed E-state index contributed by atoms with van der Waals surface area (Å²) >= 11 is 9.18. The molecule has 0 aliphatic carbocycles. The van der Waals surface area contributed by atoms with Gasteiger partial charge >= 0.3 is 0 Å². The standard InChI is InChI=1S/C15H13BrClF2NO/c16-13-5-8(1-2-14(13)17)15(21)12(7-20)9-3-10(18)6-11(19)4-9/h1-6,12,15,21H,7,20H2. The van der Waals surface area contributed by atoms with E-state index in [4.69, 9.17) is 17.3 Å². The molecule has 0 spiro atoms. The van der Waals surface area contributed by atoms with Crippen LogP contribution in [0.3, 0.4) is 0 Å². The van der Waals surface area contributed by atoms with Crippen molar-refractivity contribution in [3.63, 3.8) is 0 Å². The third kappa shape index (κ3) is 3.80. The predicted molar refractivity (Wildman–Crippen MR) is 82.3 cm³/mol. The zero-order valence-electron chi connectivity index (χ0n) is 10.9. The third-order valence-electron chi connectivity index (χ3n) is 3.23. The molecule has 2 aromatic carbocycles. The van der Waals surface area contributed by atoms with E-state index < -0.39 is 23.7 Å². The first-order valence-electron chi connectivity index (χ1n) is 6.21. The van der Waals surface area contributed by atoms with Crippen molar-refractivity contribution in [2.45, 2.75) is 12.0 Å². The molecule has 2 rings (SSSR count). The monoisotopic (exact) mass is 375 g/mol. The molecule has 21 heavy (non-hydrogen) atoms. The minimum atomic E-state index is -0.996. The molecule has 0 radical (unpaired) electrons. The Morgan fingerprint density at radius 3 is 2.24 bits per heavy atom. The summed E-state index contributed by atoms with van der Waals surface area (Å²) in [5.74, 6) is -2.02. The number of aliphatic hydroxyl groups excluding tert-OH is 1. The minimum absolute atomic E-state index is 0.0459. The van der Waals surface area contributed by atoms with Gasteiger partial charge in [-0.05, 0) is 51.3 Å². The van der Waals surface area contributed by atoms with E-state index in [0.717, 1.165) is 6.07 Å². The van der Waals surface area contributed by atoms with E-state index in [1.807, 2.05) is 0 Å². The van der Waals surface area contributed by atoms with E-state index in [-0.39, 0.29) is 6.54 Å². The number of aliphatic hydroxyl groups is 1. The summed E-state index contributed by atoms with van der Waals surface area (Å²) in [7, 11) is 0. The number of halogens is 4. The molecular formula is C15H13BrClF2NO. The second kappa shape index (κ2) is 6.83. The SMILES string of the molecule is NCC(c1cc(F)cc(F)c1)C(O)c1ccc(Cl)c(Br)c1. The Labute approximate surface area is 134 Å². The molecule has 112 valence electrons. The number of rotatable bonds is 4. The van der Waals surface area contributed by atoms with Gasteiger partial charge in [0.05, 0.1) is 11.1 Å². The fourth-order valence-corrected chi connectivity index (χ4v) is 2.68. The van der Waals surface area contributed by atoms with Crippen LogP contribution in [0.5, 0.6) is 0 Å². The fraction of sp³-hybridized carbons (Fsp3) is 0.200. The largest absolute Gasteiger partial charge is 0.388 e. The van der Waals surface area contributed by atoms with Gasteiger partial charge in [-0.15, -0.1) is 0 Å². The Balaban J connectivity index is 2.37. The molecule has 2 atom stereocenters. The molecule has 0 heterocycles. The Hall–Kier alpha value is -1.01. The molecule has 6 heteroatoms. The molecule has 0 amide bonds. The van der Waals surface area contributed by atoms with Crippen LogP contribution in [0.4, 0.5) is 8.78 Å². The van der Waals surface area contributed by atoms with E-state index in [1.165, 1.54) is 12.1 Å². The first-order chi connectivity index (χ1) is 9.92. The summed E-state index contributed by atoms with van der Waals surface area (Å²) in [4.78, 5) is 0. The number of hydrogen-bond donors (Lipinski definition) is 2. The van der Waals surface area contributed by atoms with Crippen molar-refractivity contribution < 1.29 is 13.9 Å². The van der Waals surface area contributed by atoms with E-state index in [0.29, 0.717) is 20.6 Å². The Morgan fingerprint density at radius 1 is 1.10 bits per heavy atom. The molecule has 0 fully saturated rings. The van der Waals surface area contributed by atoms with E-state index in [2.05, 4.69) is 15.9 Å². The maximum absolute atomic E-state index is 13.3. The second-order valence-electron chi connectivity index (χ2n) is 4.66. The van der Waals surface area contributed by atoms with Gasteiger partial charge in [-0.2, -0.15) is 0 Å². The van der Waals surface area contributed by atoms with Gasteiger partial charge in [-0.25, -0.2) is 8.78 Å². The highest BCUT2D eigenvalue weighted by atomic mass is 79.9. The van der Waals surface area contributed by atoms with Gasteiger partial charge in [0, 0.05) is 23.0 Å². The predicted octanol–water partition coefficient (Wildman–Crippen LogP) is 4.16. The third-order valence-corrected chi connectivity index (χ3v) is 4.45. The molecule has 0 aromatic heterocycles. The van der Waals surface area contributed by atoms with Crippen molar-refractivity contribution in [1.82, 2.24) is 0 Å². The van der Waals surface area contributed by atoms with Gasteiger partial charge in [0.1, 0.15) is 11.6 Å². The normalized spacial score (nSPS) is 14.0. The highest BCUT2D eigenvalue weighted by molar-refractivity contribution is 9.10. The van der Waals surface area contributed by atoms with Gasteiger partial charge in [-0.1, -0.05) is 17.7 Å². The average Bonchev–Trinajstić information content (AvgIpc) is 2.41. The van der Waals surface area contributed by atoms with E-state index >= 15 is 0 Å². The van der Waals surface area contributed by atoms with Crippen LogP contribution < -0.4 is 5.73 Å². The summed E-state index contributed by atoms with van der Waals surface area (Å²) in [5.41, 5.74) is 6.54. The molecule has 0 saturated carbocycles. The zero-order chi connectivity index (χ0) is 15.6. The first kappa shape index (κ1) is 16.4. The van der Waals surface area contributed by atoms with Crippen molar-refractivity contribution in [2.24, 2.45) is 5.73 Å². The minimum Gasteiger partial charge on any atom is -0.388 e. The summed E-state index contributed by atoms with van der Waals surface area (Å²) in [5, 5.41) is 10.9. The van der Waals surface area contributed by atoms with Crippen molar-refractivity contribution in [2.75, 3.05) is 6.54 Å². The van der Waals surface area contributed by atoms with Crippen LogP contribution >= 0.6 is 27.5 Å². The van der Waals surface area contributed by atoms with Gasteiger partial charge in [0.15, 0.2) is 0 Å². The van der Waals surface area contributed by atoms with Crippen LogP contribution in [0.25, 0.3) is 0 Å². The van der Waals surface area contributed by atoms with E-state index in [1.54, 1.807) is 18.2 Å². The fourth-order valence-electron chi connectivity index (χ4n) is 2.17. The maximum atomic E-state index is 13.3. The van der Waals surface area contributed by atoms with Crippen molar-refractivity contribution in [1.29, 1.82) is 0 Å². The molecule has 2 aromatic rings. The van der Waals surface area contributed by atoms with Crippen LogP contribution in [0.2, 0.25) is 5.02 Å². The smallest absolute Gasteiger partial charge is 0.126 e. The lowest BCUT2D eigenvalue weighted by Crippen LogP contribution is -2.20. The summed E-state index contributed by atoms with van der Waals surface area (Å²) in [6.07, 6.45) is -0.996. The highest BCUT2D eigenvalue weighted by Crippen LogP contribution is 2.34. The zero-order valence-corrected chi connectivity index (χ0v) is 13.2. The Morgan fingerprint density at radius 2 is 1.71 bits per heavy atom. The summed E-state index contributed by atoms with van der Waals surface area (Å²) in [6, 6.07) is 8.07. The molecule has 2 nitrogen and oxygen atoms in total. The highest BCUT2D eigenvalue weighted by Gasteiger charge is 2.23. The van der Waals surface area contributed by atoms with Gasteiger partial charge in [0.2, 0.25) is 0 Å². The topological polar surface area (TPSA) is 46.2 Å².